The highest BCUT2D eigenvalue weighted by Gasteiger charge is 2.32. The Hall–Kier alpha value is -2.46. The number of nitrogens with zero attached hydrogens (tertiary/aromatic N) is 6. The second-order valence-electron chi connectivity index (χ2n) is 6.42. The maximum absolute atomic E-state index is 9.05. The van der Waals surface area contributed by atoms with Crippen LogP contribution in [0.2, 0.25) is 0 Å². The van der Waals surface area contributed by atoms with E-state index in [4.69, 9.17) is 5.26 Å². The molecule has 0 amide bonds. The number of aromatic nitrogens is 4. The van der Waals surface area contributed by atoms with Crippen molar-refractivity contribution < 1.29 is 0 Å². The molecule has 7 heteroatoms. The molecule has 0 bridgehead atoms. The van der Waals surface area contributed by atoms with Gasteiger partial charge in [0.25, 0.3) is 0 Å². The lowest BCUT2D eigenvalue weighted by Gasteiger charge is -2.39. The molecule has 2 atom stereocenters. The molecule has 3 heterocycles. The average Bonchev–Trinajstić information content (AvgIpc) is 2.98. The molecular formula is C17H23N7. The second kappa shape index (κ2) is 6.97. The van der Waals surface area contributed by atoms with Crippen molar-refractivity contribution in [1.82, 2.24) is 24.6 Å². The summed E-state index contributed by atoms with van der Waals surface area (Å²) in [6.07, 6.45) is 4.17. The molecule has 1 N–H and O–H groups in total. The van der Waals surface area contributed by atoms with Crippen molar-refractivity contribution in [2.24, 2.45) is 13.0 Å². The van der Waals surface area contributed by atoms with Crippen LogP contribution in [0.25, 0.3) is 0 Å². The first-order chi connectivity index (χ1) is 11.6. The second-order valence-corrected chi connectivity index (χ2v) is 6.42. The molecule has 0 aromatic carbocycles. The van der Waals surface area contributed by atoms with E-state index in [1.807, 2.05) is 24.9 Å². The molecule has 126 valence electrons. The zero-order chi connectivity index (χ0) is 17.1. The predicted octanol–water partition coefficient (Wildman–Crippen LogP) is 1.89. The monoisotopic (exact) mass is 325 g/mol. The number of rotatable bonds is 4. The molecule has 1 saturated heterocycles. The fourth-order valence-corrected chi connectivity index (χ4v) is 3.54. The Kier molecular flexibility index (Phi) is 4.76. The number of hydrogen-bond donors (Lipinski definition) is 1. The van der Waals surface area contributed by atoms with Gasteiger partial charge in [-0.1, -0.05) is 0 Å². The average molecular weight is 325 g/mol. The maximum atomic E-state index is 9.05. The van der Waals surface area contributed by atoms with Crippen LogP contribution < -0.4 is 5.32 Å². The minimum absolute atomic E-state index is 0.319. The number of hydrogen-bond acceptors (Lipinski definition) is 6. The smallest absolute Gasteiger partial charge is 0.224 e. The van der Waals surface area contributed by atoms with E-state index in [0.717, 1.165) is 25.2 Å². The summed E-state index contributed by atoms with van der Waals surface area (Å²) >= 11 is 0. The summed E-state index contributed by atoms with van der Waals surface area (Å²) in [5.41, 5.74) is 2.42. The first kappa shape index (κ1) is 16.4. The van der Waals surface area contributed by atoms with E-state index in [2.05, 4.69) is 44.5 Å². The largest absolute Gasteiger partial charge is 0.354 e. The Balaban J connectivity index is 1.76. The fourth-order valence-electron chi connectivity index (χ4n) is 3.54. The minimum Gasteiger partial charge on any atom is -0.354 e. The molecule has 1 fully saturated rings. The first-order valence-corrected chi connectivity index (χ1v) is 8.26. The van der Waals surface area contributed by atoms with E-state index in [0.29, 0.717) is 23.6 Å². The van der Waals surface area contributed by atoms with Gasteiger partial charge in [-0.05, 0) is 51.4 Å². The maximum Gasteiger partial charge on any atom is 0.224 e. The molecule has 7 nitrogen and oxygen atoms in total. The molecule has 3 rings (SSSR count). The predicted molar refractivity (Wildman–Crippen MR) is 91.3 cm³/mol. The zero-order valence-electron chi connectivity index (χ0n) is 14.4. The third kappa shape index (κ3) is 3.39. The summed E-state index contributed by atoms with van der Waals surface area (Å²) < 4.78 is 1.95. The Bertz CT molecular complexity index is 746. The zero-order valence-corrected chi connectivity index (χ0v) is 14.4. The van der Waals surface area contributed by atoms with Crippen LogP contribution in [-0.2, 0) is 7.05 Å². The van der Waals surface area contributed by atoms with Crippen molar-refractivity contribution in [3.05, 3.63) is 35.4 Å². The van der Waals surface area contributed by atoms with Crippen molar-refractivity contribution in [2.75, 3.05) is 25.5 Å². The van der Waals surface area contributed by atoms with Crippen molar-refractivity contribution in [1.29, 1.82) is 5.26 Å². The first-order valence-electron chi connectivity index (χ1n) is 8.26. The molecule has 0 unspecified atom stereocenters. The Morgan fingerprint density at radius 2 is 2.21 bits per heavy atom. The Morgan fingerprint density at radius 1 is 1.38 bits per heavy atom. The summed E-state index contributed by atoms with van der Waals surface area (Å²) in [7, 11) is 4.16. The summed E-state index contributed by atoms with van der Waals surface area (Å²) in [6, 6.07) is 6.19. The van der Waals surface area contributed by atoms with E-state index in [1.54, 1.807) is 6.07 Å². The summed E-state index contributed by atoms with van der Waals surface area (Å²) in [6.45, 7) is 3.74. The quantitative estimate of drug-likeness (QED) is 0.924. The van der Waals surface area contributed by atoms with Gasteiger partial charge in [0.05, 0.1) is 11.7 Å². The third-order valence-corrected chi connectivity index (χ3v) is 4.66. The van der Waals surface area contributed by atoms with Crippen LogP contribution in [-0.4, -0.2) is 44.8 Å². The number of anilines is 1. The Labute approximate surface area is 142 Å². The molecule has 0 saturated carbocycles. The van der Waals surface area contributed by atoms with Crippen LogP contribution in [0.3, 0.4) is 0 Å². The van der Waals surface area contributed by atoms with Crippen LogP contribution in [0.4, 0.5) is 5.95 Å². The van der Waals surface area contributed by atoms with Crippen LogP contribution in [0.5, 0.6) is 0 Å². The molecule has 24 heavy (non-hydrogen) atoms. The highest BCUT2D eigenvalue weighted by atomic mass is 15.3. The lowest BCUT2D eigenvalue weighted by Crippen LogP contribution is -2.40. The van der Waals surface area contributed by atoms with Crippen LogP contribution in [0.15, 0.2) is 18.3 Å². The SMILES string of the molecule is Cc1cc(C#N)nc(NC[C@@H]2CCCN(C)[C@H]2c2ccnn2C)n1. The van der Waals surface area contributed by atoms with Crippen LogP contribution in [0, 0.1) is 24.2 Å². The van der Waals surface area contributed by atoms with Crippen LogP contribution in [0.1, 0.15) is 36.0 Å². The van der Waals surface area contributed by atoms with Gasteiger partial charge in [0.15, 0.2) is 0 Å². The number of aryl methyl sites for hydroxylation is 2. The summed E-state index contributed by atoms with van der Waals surface area (Å²) in [5, 5.41) is 16.7. The van der Waals surface area contributed by atoms with Gasteiger partial charge in [-0.2, -0.15) is 10.4 Å². The molecule has 0 aliphatic carbocycles. The standard InChI is InChI=1S/C17H23N7/c1-12-9-14(10-18)22-17(21-12)19-11-13-5-4-8-23(2)16(13)15-6-7-20-24(15)3/h6-7,9,13,16H,4-5,8,11H2,1-3H3,(H,19,21,22)/t13-,16+/m0/s1. The fraction of sp³-hybridized carbons (Fsp3) is 0.529. The molecular weight excluding hydrogens is 302 g/mol. The van der Waals surface area contributed by atoms with Gasteiger partial charge in [0.1, 0.15) is 11.8 Å². The number of nitriles is 1. The van der Waals surface area contributed by atoms with E-state index >= 15 is 0 Å². The van der Waals surface area contributed by atoms with Gasteiger partial charge in [0, 0.05) is 25.5 Å². The lowest BCUT2D eigenvalue weighted by molar-refractivity contribution is 0.121. The highest BCUT2D eigenvalue weighted by molar-refractivity contribution is 5.33. The molecule has 1 aliphatic heterocycles. The third-order valence-electron chi connectivity index (χ3n) is 4.66. The number of likely N-dealkylation sites (tertiary alicyclic amines) is 1. The van der Waals surface area contributed by atoms with Gasteiger partial charge >= 0.3 is 0 Å². The van der Waals surface area contributed by atoms with E-state index < -0.39 is 0 Å². The van der Waals surface area contributed by atoms with Crippen molar-refractivity contribution in [3.8, 4) is 6.07 Å². The minimum atomic E-state index is 0.319. The topological polar surface area (TPSA) is 82.7 Å². The molecule has 2 aromatic heterocycles. The molecule has 0 radical (unpaired) electrons. The summed E-state index contributed by atoms with van der Waals surface area (Å²) in [4.78, 5) is 11.0. The van der Waals surface area contributed by atoms with Gasteiger partial charge in [-0.25, -0.2) is 9.97 Å². The van der Waals surface area contributed by atoms with E-state index in [9.17, 15) is 0 Å². The van der Waals surface area contributed by atoms with Gasteiger partial charge in [-0.15, -0.1) is 0 Å². The van der Waals surface area contributed by atoms with Crippen molar-refractivity contribution >= 4 is 5.95 Å². The van der Waals surface area contributed by atoms with Crippen molar-refractivity contribution in [3.63, 3.8) is 0 Å². The van der Waals surface area contributed by atoms with Crippen molar-refractivity contribution in [2.45, 2.75) is 25.8 Å². The normalized spacial score (nSPS) is 21.4. The van der Waals surface area contributed by atoms with Gasteiger partial charge in [0.2, 0.25) is 5.95 Å². The lowest BCUT2D eigenvalue weighted by atomic mass is 9.87. The van der Waals surface area contributed by atoms with Gasteiger partial charge < -0.3 is 5.32 Å². The number of piperidine rings is 1. The molecule has 0 spiro atoms. The van der Waals surface area contributed by atoms with Crippen LogP contribution >= 0.6 is 0 Å². The number of nitrogens with one attached hydrogen (secondary N) is 1. The summed E-state index contributed by atoms with van der Waals surface area (Å²) in [5.74, 6) is 0.970. The molecule has 1 aliphatic rings. The van der Waals surface area contributed by atoms with Gasteiger partial charge in [-0.3, -0.25) is 9.58 Å². The highest BCUT2D eigenvalue weighted by Crippen LogP contribution is 2.34. The Morgan fingerprint density at radius 3 is 2.92 bits per heavy atom. The van der Waals surface area contributed by atoms with E-state index in [1.165, 1.54) is 12.1 Å². The molecule has 2 aromatic rings. The van der Waals surface area contributed by atoms with E-state index in [-0.39, 0.29) is 0 Å².